The maximum absolute atomic E-state index is 10.6. The van der Waals surface area contributed by atoms with Crippen LogP contribution in [0.4, 0.5) is 5.69 Å². The largest absolute Gasteiger partial charge is 0.492 e. The number of benzene rings is 1. The zero-order valence-corrected chi connectivity index (χ0v) is 8.88. The lowest BCUT2D eigenvalue weighted by atomic mass is 10.3. The van der Waals surface area contributed by atoms with Crippen LogP contribution < -0.4 is 10.1 Å². The third-order valence-electron chi connectivity index (χ3n) is 1.74. The summed E-state index contributed by atoms with van der Waals surface area (Å²) in [7, 11) is 0. The Labute approximate surface area is 92.8 Å². The van der Waals surface area contributed by atoms with E-state index in [0.29, 0.717) is 24.6 Å². The van der Waals surface area contributed by atoms with Gasteiger partial charge < -0.3 is 10.1 Å². The van der Waals surface area contributed by atoms with Gasteiger partial charge in [-0.15, -0.1) is 0 Å². The van der Waals surface area contributed by atoms with Crippen LogP contribution in [0.25, 0.3) is 10.4 Å². The van der Waals surface area contributed by atoms with E-state index in [0.717, 1.165) is 0 Å². The number of amides is 1. The van der Waals surface area contributed by atoms with Gasteiger partial charge in [0.05, 0.1) is 6.54 Å². The van der Waals surface area contributed by atoms with Crippen LogP contribution in [0, 0.1) is 0 Å². The lowest BCUT2D eigenvalue weighted by molar-refractivity contribution is -0.119. The fourth-order valence-corrected chi connectivity index (χ4v) is 1.06. The predicted molar refractivity (Wildman–Crippen MR) is 59.4 cm³/mol. The SMILES string of the molecule is CC(=O)NCCOc1ccc(N=[N+]=[N-])cc1. The Morgan fingerprint density at radius 1 is 1.50 bits per heavy atom. The minimum absolute atomic E-state index is 0.0812. The third kappa shape index (κ3) is 4.34. The molecule has 0 aliphatic heterocycles. The molecule has 0 saturated carbocycles. The van der Waals surface area contributed by atoms with E-state index < -0.39 is 0 Å². The van der Waals surface area contributed by atoms with Crippen LogP contribution in [-0.4, -0.2) is 19.1 Å². The molecule has 1 N–H and O–H groups in total. The normalized spacial score (nSPS) is 9.06. The number of carbonyl (C=O) groups excluding carboxylic acids is 1. The van der Waals surface area contributed by atoms with Crippen molar-refractivity contribution in [1.29, 1.82) is 0 Å². The van der Waals surface area contributed by atoms with E-state index in [1.165, 1.54) is 6.92 Å². The van der Waals surface area contributed by atoms with Gasteiger partial charge in [0.15, 0.2) is 0 Å². The Morgan fingerprint density at radius 3 is 2.75 bits per heavy atom. The molecule has 84 valence electrons. The molecule has 0 fully saturated rings. The molecule has 0 radical (unpaired) electrons. The smallest absolute Gasteiger partial charge is 0.216 e. The van der Waals surface area contributed by atoms with Crippen LogP contribution in [0.5, 0.6) is 5.75 Å². The highest BCUT2D eigenvalue weighted by Gasteiger charge is 1.94. The predicted octanol–water partition coefficient (Wildman–Crippen LogP) is 2.14. The van der Waals surface area contributed by atoms with Crippen LogP contribution in [-0.2, 0) is 4.79 Å². The number of carbonyl (C=O) groups is 1. The van der Waals surface area contributed by atoms with Crippen LogP contribution in [0.15, 0.2) is 29.4 Å². The molecule has 16 heavy (non-hydrogen) atoms. The minimum atomic E-state index is -0.0812. The molecular formula is C10H12N4O2. The van der Waals surface area contributed by atoms with E-state index in [4.69, 9.17) is 10.3 Å². The number of azide groups is 1. The third-order valence-corrected chi connectivity index (χ3v) is 1.74. The average molecular weight is 220 g/mol. The molecule has 6 heteroatoms. The van der Waals surface area contributed by atoms with E-state index in [1.54, 1.807) is 24.3 Å². The molecule has 0 spiro atoms. The van der Waals surface area contributed by atoms with Gasteiger partial charge in [-0.1, -0.05) is 5.11 Å². The van der Waals surface area contributed by atoms with E-state index >= 15 is 0 Å². The summed E-state index contributed by atoms with van der Waals surface area (Å²) < 4.78 is 5.34. The lowest BCUT2D eigenvalue weighted by Gasteiger charge is -2.06. The van der Waals surface area contributed by atoms with Crippen LogP contribution in [0.1, 0.15) is 6.92 Å². The number of nitrogens with zero attached hydrogens (tertiary/aromatic N) is 3. The monoisotopic (exact) mass is 220 g/mol. The summed E-state index contributed by atoms with van der Waals surface area (Å²) in [5.74, 6) is 0.588. The van der Waals surface area contributed by atoms with Gasteiger partial charge in [-0.3, -0.25) is 4.79 Å². The highest BCUT2D eigenvalue weighted by Crippen LogP contribution is 2.17. The Bertz CT molecular complexity index is 396. The van der Waals surface area contributed by atoms with Crippen LogP contribution in [0.3, 0.4) is 0 Å². The minimum Gasteiger partial charge on any atom is -0.492 e. The number of rotatable bonds is 5. The fraction of sp³-hybridized carbons (Fsp3) is 0.300. The molecule has 1 rings (SSSR count). The molecule has 6 nitrogen and oxygen atoms in total. The summed E-state index contributed by atoms with van der Waals surface area (Å²) in [6, 6.07) is 6.73. The highest BCUT2D eigenvalue weighted by molar-refractivity contribution is 5.72. The number of hydrogen-bond donors (Lipinski definition) is 1. The molecule has 0 aliphatic carbocycles. The summed E-state index contributed by atoms with van der Waals surface area (Å²) in [4.78, 5) is 13.2. The number of ether oxygens (including phenoxy) is 1. The molecule has 0 saturated heterocycles. The topological polar surface area (TPSA) is 87.1 Å². The van der Waals surface area contributed by atoms with Crippen molar-refractivity contribution < 1.29 is 9.53 Å². The van der Waals surface area contributed by atoms with E-state index in [-0.39, 0.29) is 5.91 Å². The average Bonchev–Trinajstić information content (AvgIpc) is 2.27. The first-order valence-corrected chi connectivity index (χ1v) is 4.75. The van der Waals surface area contributed by atoms with Crippen molar-refractivity contribution in [3.63, 3.8) is 0 Å². The summed E-state index contributed by atoms with van der Waals surface area (Å²) in [6.45, 7) is 2.32. The van der Waals surface area contributed by atoms with Crippen molar-refractivity contribution in [2.75, 3.05) is 13.2 Å². The van der Waals surface area contributed by atoms with Crippen molar-refractivity contribution in [2.45, 2.75) is 6.92 Å². The molecule has 0 atom stereocenters. The van der Waals surface area contributed by atoms with Gasteiger partial charge in [0.2, 0.25) is 5.91 Å². The van der Waals surface area contributed by atoms with E-state index in [9.17, 15) is 4.79 Å². The highest BCUT2D eigenvalue weighted by atomic mass is 16.5. The van der Waals surface area contributed by atoms with Gasteiger partial charge in [-0.25, -0.2) is 0 Å². The second-order valence-corrected chi connectivity index (χ2v) is 3.01. The summed E-state index contributed by atoms with van der Waals surface area (Å²) in [5.41, 5.74) is 8.74. The van der Waals surface area contributed by atoms with Crippen LogP contribution >= 0.6 is 0 Å². The second-order valence-electron chi connectivity index (χ2n) is 3.01. The first-order valence-electron chi connectivity index (χ1n) is 4.75. The lowest BCUT2D eigenvalue weighted by Crippen LogP contribution is -2.25. The van der Waals surface area contributed by atoms with Gasteiger partial charge >= 0.3 is 0 Å². The quantitative estimate of drug-likeness (QED) is 0.356. The van der Waals surface area contributed by atoms with E-state index in [1.807, 2.05) is 0 Å². The Kier molecular flexibility index (Phi) is 4.69. The van der Waals surface area contributed by atoms with Crippen molar-refractivity contribution in [3.8, 4) is 5.75 Å². The first-order chi connectivity index (χ1) is 7.72. The summed E-state index contributed by atoms with van der Waals surface area (Å²) >= 11 is 0. The molecule has 1 amide bonds. The Morgan fingerprint density at radius 2 is 2.19 bits per heavy atom. The van der Waals surface area contributed by atoms with Crippen LogP contribution in [0.2, 0.25) is 0 Å². The number of hydrogen-bond acceptors (Lipinski definition) is 3. The van der Waals surface area contributed by atoms with Gasteiger partial charge in [-0.05, 0) is 29.8 Å². The maximum atomic E-state index is 10.6. The molecule has 0 heterocycles. The fourth-order valence-electron chi connectivity index (χ4n) is 1.06. The number of nitrogens with one attached hydrogen (secondary N) is 1. The second kappa shape index (κ2) is 6.31. The molecule has 1 aromatic carbocycles. The maximum Gasteiger partial charge on any atom is 0.216 e. The molecule has 0 unspecified atom stereocenters. The molecule has 0 bridgehead atoms. The van der Waals surface area contributed by atoms with Gasteiger partial charge in [0.1, 0.15) is 12.4 Å². The molecule has 0 aliphatic rings. The van der Waals surface area contributed by atoms with Gasteiger partial charge in [0.25, 0.3) is 0 Å². The molecule has 0 aromatic heterocycles. The standard InChI is InChI=1S/C10H12N4O2/c1-8(15)12-6-7-16-10-4-2-9(3-5-10)13-14-11/h2-5H,6-7H2,1H3,(H,12,15). The Hall–Kier alpha value is -2.20. The van der Waals surface area contributed by atoms with Crippen molar-refractivity contribution in [3.05, 3.63) is 34.7 Å². The van der Waals surface area contributed by atoms with Gasteiger partial charge in [-0.2, -0.15) is 0 Å². The first kappa shape index (κ1) is 11.9. The molecular weight excluding hydrogens is 208 g/mol. The Balaban J connectivity index is 2.37. The summed E-state index contributed by atoms with van der Waals surface area (Å²) in [6.07, 6.45) is 0. The summed E-state index contributed by atoms with van der Waals surface area (Å²) in [5, 5.41) is 6.05. The van der Waals surface area contributed by atoms with E-state index in [2.05, 4.69) is 15.3 Å². The van der Waals surface area contributed by atoms with Crippen molar-refractivity contribution in [1.82, 2.24) is 5.32 Å². The molecule has 1 aromatic rings. The van der Waals surface area contributed by atoms with Gasteiger partial charge in [0, 0.05) is 17.5 Å². The van der Waals surface area contributed by atoms with Crippen molar-refractivity contribution in [2.24, 2.45) is 5.11 Å². The van der Waals surface area contributed by atoms with Crippen molar-refractivity contribution >= 4 is 11.6 Å². The zero-order chi connectivity index (χ0) is 11.8. The zero-order valence-electron chi connectivity index (χ0n) is 8.88.